The lowest BCUT2D eigenvalue weighted by molar-refractivity contribution is -0.249. The largest absolute Gasteiger partial charge is 0.451 e. The fraction of sp³-hybridized carbons (Fsp3) is 0.556. The van der Waals surface area contributed by atoms with Gasteiger partial charge in [-0.3, -0.25) is 0 Å². The smallest absolute Gasteiger partial charge is 0.450 e. The Morgan fingerprint density at radius 3 is 1.29 bits per heavy atom. The zero-order valence-corrected chi connectivity index (χ0v) is 11.0. The van der Waals surface area contributed by atoms with Gasteiger partial charge in [-0.15, -0.1) is 0 Å². The van der Waals surface area contributed by atoms with E-state index in [0.29, 0.717) is 0 Å². The first kappa shape index (κ1) is 20.7. The molecule has 0 aromatic rings. The Morgan fingerprint density at radius 1 is 0.667 bits per heavy atom. The van der Waals surface area contributed by atoms with Gasteiger partial charge >= 0.3 is 29.8 Å². The standard InChI is InChI=1S/C9ClF13O/c10-5(9(21,22)23)3(11)1(6(12,13)14)2(7(15,16)17)4(24-5)8(18,19)20. The van der Waals surface area contributed by atoms with Gasteiger partial charge in [0.2, 0.25) is 5.76 Å². The summed E-state index contributed by atoms with van der Waals surface area (Å²) in [5.74, 6) is -7.58. The highest BCUT2D eigenvalue weighted by Gasteiger charge is 2.70. The van der Waals surface area contributed by atoms with Crippen molar-refractivity contribution in [1.29, 1.82) is 0 Å². The van der Waals surface area contributed by atoms with Crippen LogP contribution in [0.3, 0.4) is 0 Å². The number of hydrogen-bond acceptors (Lipinski definition) is 1. The normalized spacial score (nSPS) is 24.4. The Hall–Kier alpha value is -1.34. The third-order valence-corrected chi connectivity index (χ3v) is 2.87. The molecule has 1 atom stereocenters. The van der Waals surface area contributed by atoms with Crippen LogP contribution in [-0.2, 0) is 4.74 Å². The number of allylic oxidation sites excluding steroid dienone is 3. The molecule has 0 N–H and O–H groups in total. The zero-order chi connectivity index (χ0) is 19.5. The first-order valence-electron chi connectivity index (χ1n) is 5.05. The Morgan fingerprint density at radius 2 is 1.04 bits per heavy atom. The first-order chi connectivity index (χ1) is 10.2. The molecule has 140 valence electrons. The van der Waals surface area contributed by atoms with Crippen molar-refractivity contribution in [2.45, 2.75) is 29.8 Å². The summed E-state index contributed by atoms with van der Waals surface area (Å²) in [5, 5.41) is -5.43. The topological polar surface area (TPSA) is 9.23 Å². The van der Waals surface area contributed by atoms with Crippen molar-refractivity contribution in [2.75, 3.05) is 0 Å². The molecule has 1 aliphatic rings. The van der Waals surface area contributed by atoms with Crippen molar-refractivity contribution in [3.05, 3.63) is 22.7 Å². The van der Waals surface area contributed by atoms with E-state index in [9.17, 15) is 57.1 Å². The van der Waals surface area contributed by atoms with E-state index >= 15 is 0 Å². The molecule has 0 saturated heterocycles. The Kier molecular flexibility index (Phi) is 4.60. The molecule has 15 heteroatoms. The summed E-state index contributed by atoms with van der Waals surface area (Å²) in [4.78, 5) is 0. The second kappa shape index (κ2) is 5.33. The molecule has 0 saturated carbocycles. The number of ether oxygens (including phenoxy) is 1. The molecule has 0 aliphatic carbocycles. The molecule has 0 aromatic heterocycles. The average molecular weight is 407 g/mol. The molecular formula is C9ClF13O. The van der Waals surface area contributed by atoms with Crippen molar-refractivity contribution in [3.63, 3.8) is 0 Å². The van der Waals surface area contributed by atoms with Gasteiger partial charge in [0.05, 0.1) is 0 Å². The second-order valence-electron chi connectivity index (χ2n) is 4.08. The van der Waals surface area contributed by atoms with Crippen LogP contribution < -0.4 is 0 Å². The van der Waals surface area contributed by atoms with Crippen LogP contribution in [0.25, 0.3) is 0 Å². The van der Waals surface area contributed by atoms with Gasteiger partial charge in [-0.25, -0.2) is 4.39 Å². The van der Waals surface area contributed by atoms with Gasteiger partial charge in [-0.1, -0.05) is 11.6 Å². The van der Waals surface area contributed by atoms with Crippen molar-refractivity contribution in [2.24, 2.45) is 0 Å². The van der Waals surface area contributed by atoms with Crippen LogP contribution in [0.1, 0.15) is 0 Å². The molecule has 0 fully saturated rings. The molecule has 0 bridgehead atoms. The maximum atomic E-state index is 13.5. The van der Waals surface area contributed by atoms with Crippen LogP contribution in [0.15, 0.2) is 22.7 Å². The molecule has 0 spiro atoms. The van der Waals surface area contributed by atoms with E-state index in [4.69, 9.17) is 0 Å². The predicted octanol–water partition coefficient (Wildman–Crippen LogP) is 5.68. The molecule has 1 heterocycles. The van der Waals surface area contributed by atoms with E-state index in [2.05, 4.69) is 16.3 Å². The van der Waals surface area contributed by atoms with Gasteiger partial charge < -0.3 is 4.74 Å². The molecule has 1 rings (SSSR count). The summed E-state index contributed by atoms with van der Waals surface area (Å²) < 4.78 is 167. The van der Waals surface area contributed by atoms with Crippen LogP contribution in [0.2, 0.25) is 0 Å². The average Bonchev–Trinajstić information content (AvgIpc) is 2.25. The van der Waals surface area contributed by atoms with Crippen LogP contribution in [0.4, 0.5) is 57.1 Å². The van der Waals surface area contributed by atoms with Gasteiger partial charge in [-0.05, 0) is 0 Å². The lowest BCUT2D eigenvalue weighted by Crippen LogP contribution is -2.49. The van der Waals surface area contributed by atoms with Crippen molar-refractivity contribution in [1.82, 2.24) is 0 Å². The van der Waals surface area contributed by atoms with Gasteiger partial charge in [0.15, 0.2) is 5.83 Å². The third-order valence-electron chi connectivity index (χ3n) is 2.41. The van der Waals surface area contributed by atoms with Gasteiger partial charge in [-0.2, -0.15) is 52.7 Å². The Bertz CT molecular complexity index is 587. The minimum Gasteiger partial charge on any atom is -0.451 e. The van der Waals surface area contributed by atoms with E-state index in [1.807, 2.05) is 0 Å². The molecule has 1 nitrogen and oxygen atoms in total. The number of halogens is 14. The minimum absolute atomic E-state index is 2.82. The van der Waals surface area contributed by atoms with Crippen molar-refractivity contribution in [3.8, 4) is 0 Å². The zero-order valence-electron chi connectivity index (χ0n) is 10.2. The molecule has 1 aliphatic heterocycles. The first-order valence-corrected chi connectivity index (χ1v) is 5.43. The molecule has 0 radical (unpaired) electrons. The van der Waals surface area contributed by atoms with Gasteiger partial charge in [0.1, 0.15) is 11.1 Å². The number of hydrogen-bond donors (Lipinski definition) is 0. The Labute approximate surface area is 127 Å². The highest BCUT2D eigenvalue weighted by Crippen LogP contribution is 2.57. The maximum Gasteiger partial charge on any atom is 0.450 e. The van der Waals surface area contributed by atoms with Crippen molar-refractivity contribution >= 4 is 11.6 Å². The summed E-state index contributed by atoms with van der Waals surface area (Å²) in [6, 6.07) is 0. The summed E-state index contributed by atoms with van der Waals surface area (Å²) in [5.41, 5.74) is -7.68. The summed E-state index contributed by atoms with van der Waals surface area (Å²) >= 11 is 4.34. The summed E-state index contributed by atoms with van der Waals surface area (Å²) in [6.45, 7) is 0. The Balaban J connectivity index is 4.01. The predicted molar refractivity (Wildman–Crippen MR) is 49.0 cm³/mol. The SMILES string of the molecule is FC1=C(C(F)(F)F)C(C(F)(F)F)=C(C(F)(F)F)OC1(Cl)C(F)(F)F. The van der Waals surface area contributed by atoms with E-state index in [0.717, 1.165) is 0 Å². The second-order valence-corrected chi connectivity index (χ2v) is 4.61. The summed E-state index contributed by atoms with van der Waals surface area (Å²) in [7, 11) is 0. The lowest BCUT2D eigenvalue weighted by atomic mass is 9.96. The van der Waals surface area contributed by atoms with E-state index in [-0.39, 0.29) is 0 Å². The molecule has 0 aromatic carbocycles. The highest BCUT2D eigenvalue weighted by atomic mass is 35.5. The van der Waals surface area contributed by atoms with Crippen LogP contribution in [-0.4, -0.2) is 29.8 Å². The molecule has 0 amide bonds. The molecule has 1 unspecified atom stereocenters. The third kappa shape index (κ3) is 3.37. The molecular weight excluding hydrogens is 407 g/mol. The lowest BCUT2D eigenvalue weighted by Gasteiger charge is -2.37. The minimum atomic E-state index is -6.60. The quantitative estimate of drug-likeness (QED) is 0.372. The fourth-order valence-corrected chi connectivity index (χ4v) is 1.71. The van der Waals surface area contributed by atoms with Crippen molar-refractivity contribution < 1.29 is 61.8 Å². The number of rotatable bonds is 0. The van der Waals surface area contributed by atoms with Gasteiger partial charge in [0.25, 0.3) is 0 Å². The van der Waals surface area contributed by atoms with E-state index in [1.165, 1.54) is 0 Å². The van der Waals surface area contributed by atoms with Gasteiger partial charge in [0, 0.05) is 0 Å². The van der Waals surface area contributed by atoms with Crippen LogP contribution >= 0.6 is 11.6 Å². The summed E-state index contributed by atoms with van der Waals surface area (Å²) in [6.07, 6.45) is -26.1. The fourth-order valence-electron chi connectivity index (χ4n) is 1.54. The monoisotopic (exact) mass is 406 g/mol. The van der Waals surface area contributed by atoms with Crippen LogP contribution in [0, 0.1) is 0 Å². The van der Waals surface area contributed by atoms with E-state index < -0.39 is 52.5 Å². The maximum absolute atomic E-state index is 13.5. The highest BCUT2D eigenvalue weighted by molar-refractivity contribution is 6.25. The van der Waals surface area contributed by atoms with E-state index in [1.54, 1.807) is 0 Å². The number of alkyl halides is 13. The van der Waals surface area contributed by atoms with Crippen LogP contribution in [0.5, 0.6) is 0 Å². The molecule has 24 heavy (non-hydrogen) atoms.